The predicted octanol–water partition coefficient (Wildman–Crippen LogP) is 0.451. The van der Waals surface area contributed by atoms with Crippen LogP contribution >= 0.6 is 0 Å². The van der Waals surface area contributed by atoms with Crippen molar-refractivity contribution in [3.05, 3.63) is 77.9 Å². The Balaban J connectivity index is 0.000000375. The van der Waals surface area contributed by atoms with Crippen LogP contribution in [-0.2, 0) is 30.7 Å². The standard InChI is InChI=1S/C19H25Si2.C5H5.C4H6.2ClH.Zr/c1-20(2,3)16-9-7-14-11-15-8-10-17(21(4,5)6)13-19(15)18(14)12-16;1-2-4-5-3-1;1-2-4-3-1;;;/h7,9-10,12-13H,11H2,1-6H3;1-5H;1-3H2;2*1H;/q2*-1;;;;+2/p-2. The van der Waals surface area contributed by atoms with Crippen LogP contribution in [-0.4, -0.2) is 19.4 Å². The molecule has 0 amide bonds. The molecule has 0 spiro atoms. The second-order valence-corrected chi connectivity index (χ2v) is 22.6. The fraction of sp³-hybridized carbons (Fsp3) is 0.357. The Morgan fingerprint density at radius 3 is 1.79 bits per heavy atom. The van der Waals surface area contributed by atoms with E-state index in [0.717, 1.165) is 6.42 Å². The van der Waals surface area contributed by atoms with E-state index in [1.54, 1.807) is 32.6 Å². The van der Waals surface area contributed by atoms with Gasteiger partial charge in [0.2, 0.25) is 0 Å². The van der Waals surface area contributed by atoms with E-state index in [-0.39, 0.29) is 24.8 Å². The van der Waals surface area contributed by atoms with Gasteiger partial charge >= 0.3 is 46.7 Å². The molecule has 0 heterocycles. The summed E-state index contributed by atoms with van der Waals surface area (Å²) in [5, 5.41) is 3.08. The van der Waals surface area contributed by atoms with Crippen LogP contribution in [0.15, 0.2) is 60.7 Å². The van der Waals surface area contributed by atoms with E-state index in [4.69, 9.17) is 0 Å². The summed E-state index contributed by atoms with van der Waals surface area (Å²) in [7, 11) is -2.52. The van der Waals surface area contributed by atoms with Gasteiger partial charge < -0.3 is 24.8 Å². The second-order valence-electron chi connectivity index (χ2n) is 10.7. The Bertz CT molecular complexity index is 944. The maximum absolute atomic E-state index is 3.58. The Kier molecular flexibility index (Phi) is 12.1. The first-order valence-corrected chi connectivity index (χ1v) is 19.7. The van der Waals surface area contributed by atoms with Crippen molar-refractivity contribution in [2.75, 3.05) is 0 Å². The van der Waals surface area contributed by atoms with Crippen LogP contribution in [0.4, 0.5) is 0 Å². The summed E-state index contributed by atoms with van der Waals surface area (Å²) >= 11 is 1.67. The molecule has 5 rings (SSSR count). The Hall–Kier alpha value is -0.443. The van der Waals surface area contributed by atoms with Gasteiger partial charge in [-0.2, -0.15) is 47.1 Å². The summed E-state index contributed by atoms with van der Waals surface area (Å²) in [5.41, 5.74) is 5.79. The summed E-state index contributed by atoms with van der Waals surface area (Å²) in [6.45, 7) is 14.5. The van der Waals surface area contributed by atoms with Crippen molar-refractivity contribution < 1.29 is 49.0 Å². The van der Waals surface area contributed by atoms with Crippen LogP contribution in [0, 0.1) is 6.07 Å². The van der Waals surface area contributed by atoms with Crippen LogP contribution in [0.3, 0.4) is 0 Å². The van der Waals surface area contributed by atoms with Gasteiger partial charge in [0, 0.05) is 8.07 Å². The molecule has 3 aromatic carbocycles. The van der Waals surface area contributed by atoms with Gasteiger partial charge in [0.25, 0.3) is 0 Å². The minimum absolute atomic E-state index is 0. The first kappa shape index (κ1) is 30.6. The zero-order valence-electron chi connectivity index (χ0n) is 20.9. The summed E-state index contributed by atoms with van der Waals surface area (Å²) in [4.78, 5) is 0. The normalized spacial score (nSPS) is 13.5. The Labute approximate surface area is 231 Å². The molecule has 5 heteroatoms. The summed E-state index contributed by atoms with van der Waals surface area (Å²) in [6.07, 6.45) is 5.42. The molecule has 2 aliphatic rings. The molecular formula is C28H36Cl2Si2Zr-2. The molecule has 0 radical (unpaired) electrons. The third kappa shape index (κ3) is 8.62. The van der Waals surface area contributed by atoms with E-state index in [1.807, 2.05) is 30.3 Å². The zero-order valence-corrected chi connectivity index (χ0v) is 26.8. The number of halogens is 2. The fourth-order valence-electron chi connectivity index (χ4n) is 3.66. The summed E-state index contributed by atoms with van der Waals surface area (Å²) in [6, 6.07) is 25.5. The van der Waals surface area contributed by atoms with Crippen molar-refractivity contribution in [3.63, 3.8) is 0 Å². The van der Waals surface area contributed by atoms with E-state index >= 15 is 0 Å². The molecule has 1 fully saturated rings. The first-order chi connectivity index (χ1) is 14.6. The molecule has 3 aromatic rings. The van der Waals surface area contributed by atoms with Crippen LogP contribution < -0.4 is 35.2 Å². The van der Waals surface area contributed by atoms with Crippen molar-refractivity contribution in [3.8, 4) is 11.1 Å². The summed E-state index contributed by atoms with van der Waals surface area (Å²) in [5.74, 6) is 0. The van der Waals surface area contributed by atoms with E-state index in [2.05, 4.69) is 75.7 Å². The average molecular weight is 591 g/mol. The minimum atomic E-state index is -1.27. The van der Waals surface area contributed by atoms with Crippen LogP contribution in [0.2, 0.25) is 39.3 Å². The zero-order chi connectivity index (χ0) is 22.6. The smallest absolute Gasteiger partial charge is 0.172 e. The minimum Gasteiger partial charge on any atom is -0.214 e. The van der Waals surface area contributed by atoms with Crippen molar-refractivity contribution in [2.24, 2.45) is 0 Å². The summed E-state index contributed by atoms with van der Waals surface area (Å²) < 4.78 is 1.78. The van der Waals surface area contributed by atoms with Gasteiger partial charge in [-0.25, -0.2) is 12.1 Å². The van der Waals surface area contributed by atoms with Crippen molar-refractivity contribution >= 4 is 29.7 Å². The van der Waals surface area contributed by atoms with Gasteiger partial charge in [-0.15, -0.1) is 5.56 Å². The van der Waals surface area contributed by atoms with Gasteiger partial charge in [0.05, 0.1) is 8.07 Å². The van der Waals surface area contributed by atoms with Gasteiger partial charge in [0.1, 0.15) is 0 Å². The molecular weight excluding hydrogens is 555 g/mol. The van der Waals surface area contributed by atoms with E-state index in [0.29, 0.717) is 0 Å². The number of rotatable bonds is 2. The fourth-order valence-corrected chi connectivity index (χ4v) is 6.77. The van der Waals surface area contributed by atoms with Crippen molar-refractivity contribution in [1.82, 2.24) is 0 Å². The molecule has 0 aromatic heterocycles. The van der Waals surface area contributed by atoms with E-state index in [1.165, 1.54) is 46.7 Å². The Morgan fingerprint density at radius 2 is 1.36 bits per heavy atom. The third-order valence-corrected chi connectivity index (χ3v) is 11.3. The van der Waals surface area contributed by atoms with Gasteiger partial charge in [0.15, 0.2) is 0 Å². The quantitative estimate of drug-likeness (QED) is 0.235. The van der Waals surface area contributed by atoms with Gasteiger partial charge in [-0.05, 0) is 6.42 Å². The molecule has 0 aliphatic heterocycles. The molecule has 0 unspecified atom stereocenters. The first-order valence-electron chi connectivity index (χ1n) is 11.5. The molecule has 33 heavy (non-hydrogen) atoms. The maximum Gasteiger partial charge on any atom is -0.172 e. The maximum atomic E-state index is 3.58. The molecule has 0 N–H and O–H groups in total. The molecule has 0 bridgehead atoms. The largest absolute Gasteiger partial charge is 0.214 e. The molecule has 2 aliphatic carbocycles. The molecule has 0 saturated heterocycles. The van der Waals surface area contributed by atoms with Crippen LogP contribution in [0.1, 0.15) is 30.4 Å². The van der Waals surface area contributed by atoms with Gasteiger partial charge in [-0.1, -0.05) is 73.8 Å². The molecule has 1 saturated carbocycles. The second kappa shape index (κ2) is 13.0. The molecule has 0 nitrogen and oxygen atoms in total. The average Bonchev–Trinajstić information content (AvgIpc) is 3.36. The topological polar surface area (TPSA) is 0 Å². The van der Waals surface area contributed by atoms with E-state index in [9.17, 15) is 0 Å². The SMILES string of the molecule is C[Si](C)(C)c1c[c-]c2c(c1)-c1cc([Si](C)(C)C)ccc1C2.[Cl-].[Cl-].[Zr+2]=[C]1CCC1.c1cc[cH-]c1. The molecule has 176 valence electrons. The predicted molar refractivity (Wildman–Crippen MR) is 140 cm³/mol. The monoisotopic (exact) mass is 588 g/mol. The van der Waals surface area contributed by atoms with Crippen LogP contribution in [0.5, 0.6) is 0 Å². The number of hydrogen-bond donors (Lipinski definition) is 0. The number of benzene rings is 2. The third-order valence-electron chi connectivity index (χ3n) is 6.04. The van der Waals surface area contributed by atoms with Gasteiger partial charge in [-0.3, -0.25) is 0 Å². The Morgan fingerprint density at radius 1 is 0.818 bits per heavy atom. The van der Waals surface area contributed by atoms with E-state index < -0.39 is 16.1 Å². The number of fused-ring (bicyclic) bond motifs is 3. The number of hydrogen-bond acceptors (Lipinski definition) is 0. The molecule has 0 atom stereocenters. The van der Waals surface area contributed by atoms with Crippen molar-refractivity contribution in [2.45, 2.75) is 65.0 Å². The van der Waals surface area contributed by atoms with Crippen molar-refractivity contribution in [1.29, 1.82) is 0 Å². The van der Waals surface area contributed by atoms with Crippen LogP contribution in [0.25, 0.3) is 11.1 Å².